The third-order valence-corrected chi connectivity index (χ3v) is 4.63. The lowest BCUT2D eigenvalue weighted by molar-refractivity contribution is -0.145. The van der Waals surface area contributed by atoms with Crippen LogP contribution in [0.2, 0.25) is 0 Å². The molecule has 0 aliphatic rings. The van der Waals surface area contributed by atoms with Crippen LogP contribution in [0.15, 0.2) is 64.1 Å². The fourth-order valence-electron chi connectivity index (χ4n) is 2.43. The average molecular weight is 388 g/mol. The van der Waals surface area contributed by atoms with E-state index in [4.69, 9.17) is 4.52 Å². The van der Waals surface area contributed by atoms with Crippen LogP contribution in [0.3, 0.4) is 0 Å². The number of aromatic nitrogens is 4. The van der Waals surface area contributed by atoms with Crippen LogP contribution in [-0.4, -0.2) is 20.1 Å². The van der Waals surface area contributed by atoms with E-state index in [0.29, 0.717) is 17.1 Å². The summed E-state index contributed by atoms with van der Waals surface area (Å²) in [6, 6.07) is 15.8. The molecule has 0 saturated carbocycles. The summed E-state index contributed by atoms with van der Waals surface area (Å²) < 4.78 is 44.4. The number of fused-ring (bicyclic) bond motifs is 1. The van der Waals surface area contributed by atoms with Gasteiger partial charge >= 0.3 is 6.18 Å². The van der Waals surface area contributed by atoms with Crippen molar-refractivity contribution in [1.29, 1.82) is 0 Å². The van der Waals surface area contributed by atoms with Gasteiger partial charge < -0.3 is 4.52 Å². The summed E-state index contributed by atoms with van der Waals surface area (Å²) in [6.45, 7) is 0. The van der Waals surface area contributed by atoms with E-state index in [1.165, 1.54) is 6.07 Å². The minimum absolute atomic E-state index is 0.193. The molecule has 0 amide bonds. The minimum atomic E-state index is -4.62. The summed E-state index contributed by atoms with van der Waals surface area (Å²) in [6.07, 6.45) is -4.62. The van der Waals surface area contributed by atoms with E-state index < -0.39 is 12.0 Å². The second-order valence-corrected chi connectivity index (χ2v) is 6.50. The normalized spacial score (nSPS) is 11.8. The SMILES string of the molecule is FC(F)(F)c1nc(SCc2nc(-c3ccccc3)no2)c2ccccc2n1. The Bertz CT molecular complexity index is 1080. The summed E-state index contributed by atoms with van der Waals surface area (Å²) in [4.78, 5) is 11.6. The smallest absolute Gasteiger partial charge is 0.338 e. The molecule has 2 heterocycles. The molecule has 2 aromatic carbocycles. The van der Waals surface area contributed by atoms with Crippen molar-refractivity contribution < 1.29 is 17.7 Å². The highest BCUT2D eigenvalue weighted by molar-refractivity contribution is 7.98. The van der Waals surface area contributed by atoms with Crippen molar-refractivity contribution in [2.45, 2.75) is 17.0 Å². The van der Waals surface area contributed by atoms with Crippen LogP contribution < -0.4 is 0 Å². The molecule has 0 aliphatic carbocycles. The van der Waals surface area contributed by atoms with Gasteiger partial charge in [-0.15, -0.1) is 0 Å². The van der Waals surface area contributed by atoms with E-state index in [2.05, 4.69) is 20.1 Å². The number of nitrogens with zero attached hydrogens (tertiary/aromatic N) is 4. The minimum Gasteiger partial charge on any atom is -0.338 e. The van der Waals surface area contributed by atoms with E-state index in [9.17, 15) is 13.2 Å². The van der Waals surface area contributed by atoms with Crippen molar-refractivity contribution in [1.82, 2.24) is 20.1 Å². The first-order chi connectivity index (χ1) is 13.0. The lowest BCUT2D eigenvalue weighted by Gasteiger charge is -2.09. The topological polar surface area (TPSA) is 64.7 Å². The molecule has 5 nitrogen and oxygen atoms in total. The van der Waals surface area contributed by atoms with Crippen LogP contribution in [0, 0.1) is 0 Å². The molecule has 0 fully saturated rings. The Morgan fingerprint density at radius 1 is 0.889 bits per heavy atom. The molecule has 136 valence electrons. The van der Waals surface area contributed by atoms with Gasteiger partial charge in [0.05, 0.1) is 11.3 Å². The predicted molar refractivity (Wildman–Crippen MR) is 93.8 cm³/mol. The number of thioether (sulfide) groups is 1. The molecule has 9 heteroatoms. The average Bonchev–Trinajstić information content (AvgIpc) is 3.15. The molecule has 0 unspecified atom stereocenters. The lowest BCUT2D eigenvalue weighted by atomic mass is 10.2. The maximum atomic E-state index is 13.1. The Balaban J connectivity index is 1.61. The zero-order valence-corrected chi connectivity index (χ0v) is 14.5. The molecule has 4 aromatic rings. The highest BCUT2D eigenvalue weighted by atomic mass is 32.2. The molecule has 0 atom stereocenters. The highest BCUT2D eigenvalue weighted by Crippen LogP contribution is 2.33. The zero-order chi connectivity index (χ0) is 18.9. The quantitative estimate of drug-likeness (QED) is 0.362. The maximum Gasteiger partial charge on any atom is 0.451 e. The van der Waals surface area contributed by atoms with E-state index in [1.807, 2.05) is 30.3 Å². The van der Waals surface area contributed by atoms with Gasteiger partial charge in [0.15, 0.2) is 0 Å². The first-order valence-corrected chi connectivity index (χ1v) is 8.84. The Hall–Kier alpha value is -2.94. The Labute approximate surface area is 155 Å². The van der Waals surface area contributed by atoms with Crippen molar-refractivity contribution in [3.8, 4) is 11.4 Å². The van der Waals surface area contributed by atoms with Gasteiger partial charge in [0.2, 0.25) is 17.5 Å². The van der Waals surface area contributed by atoms with Crippen molar-refractivity contribution >= 4 is 22.7 Å². The molecule has 2 aromatic heterocycles. The highest BCUT2D eigenvalue weighted by Gasteiger charge is 2.35. The van der Waals surface area contributed by atoms with E-state index >= 15 is 0 Å². The van der Waals surface area contributed by atoms with E-state index in [0.717, 1.165) is 17.3 Å². The summed E-state index contributed by atoms with van der Waals surface area (Å²) in [5.41, 5.74) is 1.03. The molecule has 0 radical (unpaired) electrons. The standard InChI is InChI=1S/C18H11F3N4OS/c19-18(20,21)17-22-13-9-5-4-8-12(13)16(24-17)27-10-14-23-15(25-26-14)11-6-2-1-3-7-11/h1-9H,10H2. The fraction of sp³-hybridized carbons (Fsp3) is 0.111. The molecule has 0 aliphatic heterocycles. The first kappa shape index (κ1) is 17.5. The summed E-state index contributed by atoms with van der Waals surface area (Å²) >= 11 is 1.09. The Kier molecular flexibility index (Phi) is 4.53. The maximum absolute atomic E-state index is 13.1. The monoisotopic (exact) mass is 388 g/mol. The fourth-order valence-corrected chi connectivity index (χ4v) is 3.29. The Morgan fingerprint density at radius 3 is 2.41 bits per heavy atom. The van der Waals surface area contributed by atoms with E-state index in [1.54, 1.807) is 18.2 Å². The number of para-hydroxylation sites is 1. The van der Waals surface area contributed by atoms with Crippen molar-refractivity contribution in [3.63, 3.8) is 0 Å². The van der Waals surface area contributed by atoms with Crippen molar-refractivity contribution in [2.75, 3.05) is 0 Å². The largest absolute Gasteiger partial charge is 0.451 e. The van der Waals surface area contributed by atoms with Gasteiger partial charge in [0.25, 0.3) is 0 Å². The van der Waals surface area contributed by atoms with Crippen LogP contribution in [0.4, 0.5) is 13.2 Å². The van der Waals surface area contributed by atoms with Crippen LogP contribution in [0.1, 0.15) is 11.7 Å². The van der Waals surface area contributed by atoms with Crippen LogP contribution >= 0.6 is 11.8 Å². The number of hydrogen-bond acceptors (Lipinski definition) is 6. The first-order valence-electron chi connectivity index (χ1n) is 7.85. The third-order valence-electron chi connectivity index (χ3n) is 3.65. The van der Waals surface area contributed by atoms with Crippen LogP contribution in [0.25, 0.3) is 22.3 Å². The van der Waals surface area contributed by atoms with Gasteiger partial charge in [-0.05, 0) is 6.07 Å². The molecule has 0 spiro atoms. The lowest BCUT2D eigenvalue weighted by Crippen LogP contribution is -2.11. The van der Waals surface area contributed by atoms with Crippen molar-refractivity contribution in [3.05, 3.63) is 66.3 Å². The molecule has 27 heavy (non-hydrogen) atoms. The van der Waals surface area contributed by atoms with E-state index in [-0.39, 0.29) is 16.3 Å². The summed E-state index contributed by atoms with van der Waals surface area (Å²) in [5, 5.41) is 4.66. The van der Waals surface area contributed by atoms with Crippen molar-refractivity contribution in [2.24, 2.45) is 0 Å². The second-order valence-electron chi connectivity index (χ2n) is 5.53. The predicted octanol–water partition coefficient (Wildman–Crippen LogP) is 4.99. The molecule has 0 N–H and O–H groups in total. The van der Waals surface area contributed by atoms with Gasteiger partial charge in [-0.3, -0.25) is 0 Å². The van der Waals surface area contributed by atoms with Gasteiger partial charge in [-0.1, -0.05) is 65.4 Å². The molecular weight excluding hydrogens is 377 g/mol. The van der Waals surface area contributed by atoms with Crippen LogP contribution in [-0.2, 0) is 11.9 Å². The zero-order valence-electron chi connectivity index (χ0n) is 13.6. The summed E-state index contributed by atoms with van der Waals surface area (Å²) in [5.74, 6) is -0.248. The summed E-state index contributed by atoms with van der Waals surface area (Å²) in [7, 11) is 0. The van der Waals surface area contributed by atoms with Gasteiger partial charge in [-0.2, -0.15) is 18.2 Å². The number of rotatable bonds is 4. The van der Waals surface area contributed by atoms with Gasteiger partial charge in [0, 0.05) is 10.9 Å². The number of halogens is 3. The molecular formula is C18H11F3N4OS. The number of benzene rings is 2. The molecule has 4 rings (SSSR count). The van der Waals surface area contributed by atoms with Gasteiger partial charge in [0.1, 0.15) is 5.03 Å². The Morgan fingerprint density at radius 2 is 1.63 bits per heavy atom. The van der Waals surface area contributed by atoms with Crippen LogP contribution in [0.5, 0.6) is 0 Å². The second kappa shape index (κ2) is 6.99. The third kappa shape index (κ3) is 3.77. The number of alkyl halides is 3. The van der Waals surface area contributed by atoms with Gasteiger partial charge in [-0.25, -0.2) is 9.97 Å². The number of hydrogen-bond donors (Lipinski definition) is 0. The molecule has 0 bridgehead atoms. The molecule has 0 saturated heterocycles.